The van der Waals surface area contributed by atoms with Gasteiger partial charge in [-0.15, -0.1) is 11.3 Å². The van der Waals surface area contributed by atoms with Crippen LogP contribution in [0.25, 0.3) is 0 Å². The molecule has 0 spiro atoms. The van der Waals surface area contributed by atoms with Crippen LogP contribution < -0.4 is 5.43 Å². The van der Waals surface area contributed by atoms with Gasteiger partial charge >= 0.3 is 0 Å². The fraction of sp³-hybridized carbons (Fsp3) is 0.231. The van der Waals surface area contributed by atoms with E-state index >= 15 is 0 Å². The maximum absolute atomic E-state index is 11.9. The summed E-state index contributed by atoms with van der Waals surface area (Å²) in [5.74, 6) is 1.01. The van der Waals surface area contributed by atoms with E-state index < -0.39 is 0 Å². The molecule has 1 N–H and O–H groups in total. The molecule has 100 valence electrons. The molecule has 1 amide bonds. The van der Waals surface area contributed by atoms with Gasteiger partial charge in [0, 0.05) is 0 Å². The van der Waals surface area contributed by atoms with Crippen molar-refractivity contribution in [2.24, 2.45) is 5.10 Å². The third kappa shape index (κ3) is 3.24. The predicted molar refractivity (Wildman–Crippen MR) is 77.2 cm³/mol. The summed E-state index contributed by atoms with van der Waals surface area (Å²) in [4.78, 5) is 12.8. The van der Waals surface area contributed by atoms with E-state index in [1.807, 2.05) is 13.0 Å². The molecule has 0 saturated heterocycles. The van der Waals surface area contributed by atoms with Gasteiger partial charge in [-0.1, -0.05) is 11.6 Å². The molecule has 2 heterocycles. The van der Waals surface area contributed by atoms with Gasteiger partial charge in [0.15, 0.2) is 0 Å². The number of thiophene rings is 1. The second-order valence-electron chi connectivity index (χ2n) is 4.07. The van der Waals surface area contributed by atoms with Gasteiger partial charge in [-0.05, 0) is 39.0 Å². The summed E-state index contributed by atoms with van der Waals surface area (Å²) >= 11 is 7.27. The number of hydrogen-bond donors (Lipinski definition) is 1. The number of carbonyl (C=O) groups is 1. The molecule has 0 radical (unpaired) electrons. The lowest BCUT2D eigenvalue weighted by molar-refractivity contribution is 0.0953. The van der Waals surface area contributed by atoms with Gasteiger partial charge in [-0.25, -0.2) is 5.43 Å². The molecule has 0 aliphatic carbocycles. The first-order valence-corrected chi connectivity index (χ1v) is 6.84. The zero-order chi connectivity index (χ0) is 14.0. The molecule has 2 aromatic heterocycles. The Morgan fingerprint density at radius 3 is 2.68 bits per heavy atom. The van der Waals surface area contributed by atoms with Crippen LogP contribution in [0.2, 0.25) is 4.34 Å². The number of nitrogens with one attached hydrogen (secondary N) is 1. The van der Waals surface area contributed by atoms with E-state index in [2.05, 4.69) is 10.5 Å². The Labute approximate surface area is 120 Å². The van der Waals surface area contributed by atoms with Gasteiger partial charge < -0.3 is 4.42 Å². The smallest absolute Gasteiger partial charge is 0.274 e. The molecular weight excluding hydrogens is 284 g/mol. The molecule has 0 aromatic carbocycles. The van der Waals surface area contributed by atoms with Crippen molar-refractivity contribution in [3.63, 3.8) is 0 Å². The summed E-state index contributed by atoms with van der Waals surface area (Å²) in [6, 6.07) is 5.36. The van der Waals surface area contributed by atoms with Gasteiger partial charge in [0.1, 0.15) is 11.5 Å². The number of hydrazone groups is 1. The van der Waals surface area contributed by atoms with Crippen molar-refractivity contribution in [1.82, 2.24) is 5.43 Å². The maximum Gasteiger partial charge on any atom is 0.274 e. The molecular formula is C13H13ClN2O2S. The summed E-state index contributed by atoms with van der Waals surface area (Å²) in [5, 5.41) is 4.06. The molecule has 0 saturated carbocycles. The van der Waals surface area contributed by atoms with Crippen molar-refractivity contribution in [2.45, 2.75) is 20.8 Å². The Bertz CT molecular complexity index is 643. The molecule has 0 aliphatic rings. The van der Waals surface area contributed by atoms with Crippen molar-refractivity contribution in [2.75, 3.05) is 0 Å². The van der Waals surface area contributed by atoms with E-state index in [0.29, 0.717) is 27.1 Å². The third-order valence-electron chi connectivity index (χ3n) is 2.54. The first kappa shape index (κ1) is 13.8. The van der Waals surface area contributed by atoms with Crippen LogP contribution in [-0.2, 0) is 0 Å². The lowest BCUT2D eigenvalue weighted by Crippen LogP contribution is -2.19. The maximum atomic E-state index is 11.9. The highest BCUT2D eigenvalue weighted by Crippen LogP contribution is 2.21. The summed E-state index contributed by atoms with van der Waals surface area (Å²) in [6.45, 7) is 5.36. The molecule has 4 nitrogen and oxygen atoms in total. The van der Waals surface area contributed by atoms with Gasteiger partial charge in [0.2, 0.25) is 0 Å². The number of amides is 1. The van der Waals surface area contributed by atoms with Gasteiger partial charge in [-0.3, -0.25) is 4.79 Å². The van der Waals surface area contributed by atoms with Crippen LogP contribution in [-0.4, -0.2) is 11.6 Å². The molecule has 2 aromatic rings. The minimum absolute atomic E-state index is 0.281. The standard InChI is InChI=1S/C13H13ClN2O2S/c1-7-6-10(9(3)18-7)13(17)16-15-8(2)11-4-5-12(14)19-11/h4-6H,1-3H3,(H,16,17)/b15-8-. The summed E-state index contributed by atoms with van der Waals surface area (Å²) < 4.78 is 6.00. The fourth-order valence-corrected chi connectivity index (χ4v) is 2.60. The minimum Gasteiger partial charge on any atom is -0.466 e. The Hall–Kier alpha value is -1.59. The molecule has 0 atom stereocenters. The van der Waals surface area contributed by atoms with Crippen LogP contribution in [0.1, 0.15) is 33.7 Å². The van der Waals surface area contributed by atoms with E-state index in [1.54, 1.807) is 26.0 Å². The highest BCUT2D eigenvalue weighted by Gasteiger charge is 2.13. The zero-order valence-corrected chi connectivity index (χ0v) is 12.4. The number of rotatable bonds is 3. The molecule has 0 unspecified atom stereocenters. The predicted octanol–water partition coefficient (Wildman–Crippen LogP) is 3.77. The zero-order valence-electron chi connectivity index (χ0n) is 10.8. The molecule has 0 fully saturated rings. The van der Waals surface area contributed by atoms with E-state index in [0.717, 1.165) is 4.88 Å². The van der Waals surface area contributed by atoms with Crippen molar-refractivity contribution in [1.29, 1.82) is 0 Å². The van der Waals surface area contributed by atoms with E-state index in [4.69, 9.17) is 16.0 Å². The second-order valence-corrected chi connectivity index (χ2v) is 5.78. The van der Waals surface area contributed by atoms with Crippen molar-refractivity contribution >= 4 is 34.6 Å². The van der Waals surface area contributed by atoms with Crippen molar-refractivity contribution in [3.8, 4) is 0 Å². The summed E-state index contributed by atoms with van der Waals surface area (Å²) in [7, 11) is 0. The lowest BCUT2D eigenvalue weighted by Gasteiger charge is -1.99. The highest BCUT2D eigenvalue weighted by molar-refractivity contribution is 7.18. The average Bonchev–Trinajstić information content (AvgIpc) is 2.92. The van der Waals surface area contributed by atoms with E-state index in [1.165, 1.54) is 11.3 Å². The first-order chi connectivity index (χ1) is 8.97. The monoisotopic (exact) mass is 296 g/mol. The van der Waals surface area contributed by atoms with E-state index in [-0.39, 0.29) is 5.91 Å². The molecule has 2 rings (SSSR count). The van der Waals surface area contributed by atoms with Crippen LogP contribution in [0, 0.1) is 13.8 Å². The minimum atomic E-state index is -0.281. The Morgan fingerprint density at radius 2 is 2.16 bits per heavy atom. The third-order valence-corrected chi connectivity index (χ3v) is 3.88. The van der Waals surface area contributed by atoms with Crippen LogP contribution in [0.5, 0.6) is 0 Å². The van der Waals surface area contributed by atoms with Crippen LogP contribution in [0.15, 0.2) is 27.7 Å². The van der Waals surface area contributed by atoms with Gasteiger partial charge in [0.05, 0.1) is 20.5 Å². The quantitative estimate of drug-likeness (QED) is 0.692. The van der Waals surface area contributed by atoms with E-state index in [9.17, 15) is 4.79 Å². The molecule has 19 heavy (non-hydrogen) atoms. The average molecular weight is 297 g/mol. The fourth-order valence-electron chi connectivity index (χ4n) is 1.61. The SMILES string of the molecule is C/C(=N/NC(=O)c1cc(C)oc1C)c1ccc(Cl)s1. The number of furan rings is 1. The number of carbonyl (C=O) groups excluding carboxylic acids is 1. The Morgan fingerprint density at radius 1 is 1.42 bits per heavy atom. The van der Waals surface area contributed by atoms with Crippen LogP contribution >= 0.6 is 22.9 Å². The van der Waals surface area contributed by atoms with Crippen molar-refractivity contribution in [3.05, 3.63) is 44.5 Å². The Kier molecular flexibility index (Phi) is 4.07. The second kappa shape index (κ2) is 5.59. The summed E-state index contributed by atoms with van der Waals surface area (Å²) in [6.07, 6.45) is 0. The van der Waals surface area contributed by atoms with Gasteiger partial charge in [-0.2, -0.15) is 5.10 Å². The Balaban J connectivity index is 2.10. The topological polar surface area (TPSA) is 54.6 Å². The molecule has 0 bridgehead atoms. The normalized spacial score (nSPS) is 11.7. The lowest BCUT2D eigenvalue weighted by atomic mass is 10.2. The number of nitrogens with zero attached hydrogens (tertiary/aromatic N) is 1. The van der Waals surface area contributed by atoms with Crippen LogP contribution in [0.4, 0.5) is 0 Å². The largest absolute Gasteiger partial charge is 0.466 e. The first-order valence-electron chi connectivity index (χ1n) is 5.64. The van der Waals surface area contributed by atoms with Gasteiger partial charge in [0.25, 0.3) is 5.91 Å². The number of halogens is 1. The van der Waals surface area contributed by atoms with Crippen LogP contribution in [0.3, 0.4) is 0 Å². The van der Waals surface area contributed by atoms with Crippen molar-refractivity contribution < 1.29 is 9.21 Å². The molecule has 6 heteroatoms. The highest BCUT2D eigenvalue weighted by atomic mass is 35.5. The number of hydrogen-bond acceptors (Lipinski definition) is 4. The summed E-state index contributed by atoms with van der Waals surface area (Å²) in [5.41, 5.74) is 3.72. The number of aryl methyl sites for hydroxylation is 2. The molecule has 0 aliphatic heterocycles.